The van der Waals surface area contributed by atoms with Crippen LogP contribution in [-0.2, 0) is 24.1 Å². The zero-order valence-corrected chi connectivity index (χ0v) is 12.5. The van der Waals surface area contributed by atoms with Gasteiger partial charge in [-0.1, -0.05) is 61.3 Å². The van der Waals surface area contributed by atoms with Gasteiger partial charge in [0.15, 0.2) is 0 Å². The van der Waals surface area contributed by atoms with E-state index < -0.39 is 0 Å². The third kappa shape index (κ3) is 4.50. The molecule has 2 aromatic rings. The zero-order valence-electron chi connectivity index (χ0n) is 11.7. The predicted molar refractivity (Wildman–Crippen MR) is 84.3 cm³/mol. The van der Waals surface area contributed by atoms with Gasteiger partial charge in [0.1, 0.15) is 5.78 Å². The van der Waals surface area contributed by atoms with Gasteiger partial charge >= 0.3 is 0 Å². The van der Waals surface area contributed by atoms with Crippen molar-refractivity contribution in [2.45, 2.75) is 32.6 Å². The number of Topliss-reactive ketones (excluding diaryl/α,β-unsaturated/α-hetero) is 1. The van der Waals surface area contributed by atoms with E-state index in [9.17, 15) is 4.79 Å². The lowest BCUT2D eigenvalue weighted by molar-refractivity contribution is -0.117. The Balaban J connectivity index is 1.92. The topological polar surface area (TPSA) is 17.1 Å². The van der Waals surface area contributed by atoms with E-state index in [1.165, 1.54) is 5.56 Å². The maximum absolute atomic E-state index is 12.0. The fourth-order valence-electron chi connectivity index (χ4n) is 2.23. The molecule has 0 bridgehead atoms. The van der Waals surface area contributed by atoms with Crippen molar-refractivity contribution in [3.63, 3.8) is 0 Å². The van der Waals surface area contributed by atoms with Gasteiger partial charge in [-0.05, 0) is 35.2 Å². The summed E-state index contributed by atoms with van der Waals surface area (Å²) >= 11 is 5.83. The average molecular weight is 287 g/mol. The summed E-state index contributed by atoms with van der Waals surface area (Å²) < 4.78 is 0. The first-order chi connectivity index (χ1) is 9.67. The van der Waals surface area contributed by atoms with Crippen molar-refractivity contribution in [3.8, 4) is 0 Å². The highest BCUT2D eigenvalue weighted by Gasteiger charge is 2.05. The van der Waals surface area contributed by atoms with Crippen molar-refractivity contribution in [1.82, 2.24) is 0 Å². The Morgan fingerprint density at radius 1 is 0.850 bits per heavy atom. The molecule has 0 atom stereocenters. The largest absolute Gasteiger partial charge is 0.299 e. The average Bonchev–Trinajstić information content (AvgIpc) is 2.44. The summed E-state index contributed by atoms with van der Waals surface area (Å²) in [7, 11) is 0. The third-order valence-electron chi connectivity index (χ3n) is 3.28. The molecule has 2 heteroatoms. The minimum atomic E-state index is 0.232. The minimum Gasteiger partial charge on any atom is -0.299 e. The van der Waals surface area contributed by atoms with Crippen molar-refractivity contribution in [2.24, 2.45) is 0 Å². The van der Waals surface area contributed by atoms with Gasteiger partial charge < -0.3 is 0 Å². The van der Waals surface area contributed by atoms with E-state index in [0.717, 1.165) is 24.0 Å². The summed E-state index contributed by atoms with van der Waals surface area (Å²) in [6, 6.07) is 15.8. The van der Waals surface area contributed by atoms with Crippen LogP contribution in [0.2, 0.25) is 5.02 Å². The van der Waals surface area contributed by atoms with Crippen molar-refractivity contribution in [2.75, 3.05) is 0 Å². The molecule has 0 heterocycles. The summed E-state index contributed by atoms with van der Waals surface area (Å²) in [6.07, 6.45) is 3.21. The SMILES string of the molecule is CCCc1ccc(CC(=O)Cc2ccc(Cl)cc2)cc1. The maximum Gasteiger partial charge on any atom is 0.141 e. The summed E-state index contributed by atoms with van der Waals surface area (Å²) in [5.41, 5.74) is 3.44. The molecule has 0 spiro atoms. The standard InChI is InChI=1S/C18H19ClO/c1-2-3-14-4-6-15(7-5-14)12-18(20)13-16-8-10-17(19)11-9-16/h4-11H,2-3,12-13H2,1H3. The molecule has 0 unspecified atom stereocenters. The van der Waals surface area contributed by atoms with E-state index in [1.807, 2.05) is 24.3 Å². The lowest BCUT2D eigenvalue weighted by atomic mass is 10.0. The number of hydrogen-bond acceptors (Lipinski definition) is 1. The summed E-state index contributed by atoms with van der Waals surface area (Å²) in [4.78, 5) is 12.0. The van der Waals surface area contributed by atoms with Crippen LogP contribution in [0, 0.1) is 0 Å². The first-order valence-corrected chi connectivity index (χ1v) is 7.39. The van der Waals surface area contributed by atoms with Gasteiger partial charge in [-0.25, -0.2) is 0 Å². The maximum atomic E-state index is 12.0. The summed E-state index contributed by atoms with van der Waals surface area (Å²) in [5, 5.41) is 0.702. The molecule has 0 amide bonds. The molecule has 0 saturated heterocycles. The summed E-state index contributed by atoms with van der Waals surface area (Å²) in [6.45, 7) is 2.17. The predicted octanol–water partition coefficient (Wildman–Crippen LogP) is 4.65. The highest BCUT2D eigenvalue weighted by atomic mass is 35.5. The van der Waals surface area contributed by atoms with Gasteiger partial charge in [-0.2, -0.15) is 0 Å². The van der Waals surface area contributed by atoms with E-state index in [4.69, 9.17) is 11.6 Å². The van der Waals surface area contributed by atoms with Crippen LogP contribution in [0.15, 0.2) is 48.5 Å². The second-order valence-electron chi connectivity index (χ2n) is 5.09. The molecule has 20 heavy (non-hydrogen) atoms. The lowest BCUT2D eigenvalue weighted by Crippen LogP contribution is -2.06. The van der Waals surface area contributed by atoms with Crippen LogP contribution in [0.4, 0.5) is 0 Å². The van der Waals surface area contributed by atoms with E-state index in [1.54, 1.807) is 0 Å². The lowest BCUT2D eigenvalue weighted by Gasteiger charge is -2.04. The Bertz CT molecular complexity index is 555. The van der Waals surface area contributed by atoms with E-state index in [2.05, 4.69) is 31.2 Å². The van der Waals surface area contributed by atoms with Gasteiger partial charge in [0.25, 0.3) is 0 Å². The molecule has 0 aliphatic carbocycles. The number of aryl methyl sites for hydroxylation is 1. The van der Waals surface area contributed by atoms with Crippen LogP contribution in [0.1, 0.15) is 30.0 Å². The number of ketones is 1. The van der Waals surface area contributed by atoms with Gasteiger partial charge in [-0.15, -0.1) is 0 Å². The van der Waals surface area contributed by atoms with Crippen molar-refractivity contribution < 1.29 is 4.79 Å². The molecule has 1 nitrogen and oxygen atoms in total. The minimum absolute atomic E-state index is 0.232. The number of rotatable bonds is 6. The number of carbonyl (C=O) groups is 1. The van der Waals surface area contributed by atoms with Gasteiger partial charge in [0.05, 0.1) is 0 Å². The Morgan fingerprint density at radius 3 is 1.80 bits per heavy atom. The molecule has 0 aliphatic rings. The molecule has 0 aromatic heterocycles. The molecule has 2 rings (SSSR count). The second kappa shape index (κ2) is 7.25. The highest BCUT2D eigenvalue weighted by molar-refractivity contribution is 6.30. The van der Waals surface area contributed by atoms with Crippen LogP contribution in [0.5, 0.6) is 0 Å². The fourth-order valence-corrected chi connectivity index (χ4v) is 2.36. The fraction of sp³-hybridized carbons (Fsp3) is 0.278. The zero-order chi connectivity index (χ0) is 14.4. The van der Waals surface area contributed by atoms with Crippen molar-refractivity contribution in [3.05, 3.63) is 70.2 Å². The van der Waals surface area contributed by atoms with Crippen molar-refractivity contribution in [1.29, 1.82) is 0 Å². The third-order valence-corrected chi connectivity index (χ3v) is 3.53. The monoisotopic (exact) mass is 286 g/mol. The first-order valence-electron chi connectivity index (χ1n) is 7.01. The molecular weight excluding hydrogens is 268 g/mol. The van der Waals surface area contributed by atoms with E-state index in [-0.39, 0.29) is 5.78 Å². The molecule has 0 saturated carbocycles. The molecule has 2 aromatic carbocycles. The molecule has 0 aliphatic heterocycles. The Hall–Kier alpha value is -1.60. The van der Waals surface area contributed by atoms with Crippen LogP contribution in [-0.4, -0.2) is 5.78 Å². The number of hydrogen-bond donors (Lipinski definition) is 0. The second-order valence-corrected chi connectivity index (χ2v) is 5.52. The Morgan fingerprint density at radius 2 is 1.30 bits per heavy atom. The quantitative estimate of drug-likeness (QED) is 0.755. The van der Waals surface area contributed by atoms with Crippen LogP contribution < -0.4 is 0 Å². The molecule has 0 fully saturated rings. The Labute approximate surface area is 125 Å². The van der Waals surface area contributed by atoms with Crippen LogP contribution in [0.25, 0.3) is 0 Å². The molecule has 104 valence electrons. The highest BCUT2D eigenvalue weighted by Crippen LogP contribution is 2.12. The van der Waals surface area contributed by atoms with E-state index in [0.29, 0.717) is 17.9 Å². The first kappa shape index (κ1) is 14.8. The van der Waals surface area contributed by atoms with Gasteiger partial charge in [-0.3, -0.25) is 4.79 Å². The van der Waals surface area contributed by atoms with Crippen LogP contribution in [0.3, 0.4) is 0 Å². The number of benzene rings is 2. The van der Waals surface area contributed by atoms with Crippen molar-refractivity contribution >= 4 is 17.4 Å². The number of halogens is 1. The van der Waals surface area contributed by atoms with Gasteiger partial charge in [0.2, 0.25) is 0 Å². The number of carbonyl (C=O) groups excluding carboxylic acids is 1. The normalized spacial score (nSPS) is 10.5. The Kier molecular flexibility index (Phi) is 5.37. The molecule has 0 radical (unpaired) electrons. The molecule has 0 N–H and O–H groups in total. The smallest absolute Gasteiger partial charge is 0.141 e. The van der Waals surface area contributed by atoms with E-state index >= 15 is 0 Å². The molecular formula is C18H19ClO. The van der Waals surface area contributed by atoms with Crippen LogP contribution >= 0.6 is 11.6 Å². The van der Waals surface area contributed by atoms with Gasteiger partial charge in [0, 0.05) is 17.9 Å². The summed E-state index contributed by atoms with van der Waals surface area (Å²) in [5.74, 6) is 0.232.